The quantitative estimate of drug-likeness (QED) is 0.0217. The van der Waals surface area contributed by atoms with Crippen LogP contribution < -0.4 is 42.0 Å². The monoisotopic (exact) mass is 1660 g/mol. The summed E-state index contributed by atoms with van der Waals surface area (Å²) >= 11 is 3.18. The summed E-state index contributed by atoms with van der Waals surface area (Å²) in [6.07, 6.45) is 3.38. The van der Waals surface area contributed by atoms with E-state index in [-0.39, 0.29) is 84.1 Å². The molecule has 3 unspecified atom stereocenters. The molecule has 0 aliphatic carbocycles. The van der Waals surface area contributed by atoms with Crippen molar-refractivity contribution in [2.24, 2.45) is 0 Å². The Morgan fingerprint density at radius 3 is 0.853 bits per heavy atom. The maximum atomic E-state index is 16.4. The first kappa shape index (κ1) is 80.9. The van der Waals surface area contributed by atoms with Gasteiger partial charge in [0.15, 0.2) is 17.2 Å². The van der Waals surface area contributed by atoms with Gasteiger partial charge in [0.2, 0.25) is 17.3 Å². The van der Waals surface area contributed by atoms with E-state index in [0.717, 1.165) is 72.9 Å². The molecule has 3 aromatic heterocycles. The third-order valence-electron chi connectivity index (χ3n) is 20.8. The number of halogens is 6. The predicted octanol–water partition coefficient (Wildman–Crippen LogP) is 22.8. The van der Waals surface area contributed by atoms with Gasteiger partial charge in [0.05, 0.1) is 20.0 Å². The van der Waals surface area contributed by atoms with E-state index in [1.54, 1.807) is 151 Å². The Kier molecular flexibility index (Phi) is 24.6. The minimum atomic E-state index is -5.10. The molecule has 0 radical (unpaired) electrons. The molecule has 3 aliphatic heterocycles. The molecule has 3 atom stereocenters. The van der Waals surface area contributed by atoms with Crippen molar-refractivity contribution in [3.8, 4) is 69.0 Å². The lowest BCUT2D eigenvalue weighted by Gasteiger charge is -2.20. The van der Waals surface area contributed by atoms with Gasteiger partial charge in [-0.05, 0) is 277 Å². The molecule has 3 saturated heterocycles. The molecule has 26 heteroatoms. The predicted molar refractivity (Wildman–Crippen MR) is 441 cm³/mol. The number of thiophene rings is 3. The van der Waals surface area contributed by atoms with E-state index >= 15 is 18.9 Å². The summed E-state index contributed by atoms with van der Waals surface area (Å²) in [5, 5.41) is 1.36. The van der Waals surface area contributed by atoms with Crippen LogP contribution in [0.2, 0.25) is 0 Å². The second-order valence-electron chi connectivity index (χ2n) is 29.5. The van der Waals surface area contributed by atoms with Gasteiger partial charge in [-0.15, -0.1) is 34.0 Å². The summed E-state index contributed by atoms with van der Waals surface area (Å²) < 4.78 is 160. The topological polar surface area (TPSA) is 161 Å². The lowest BCUT2D eigenvalue weighted by Crippen LogP contribution is -2.26. The number of carbonyl (C=O) groups is 3. The number of ketones is 3. The van der Waals surface area contributed by atoms with Gasteiger partial charge in [0.25, 0.3) is 0 Å². The van der Waals surface area contributed by atoms with Gasteiger partial charge < -0.3 is 42.0 Å². The molecular weight excluding hydrogens is 1570 g/mol. The fourth-order valence-corrected chi connectivity index (χ4v) is 20.0. The van der Waals surface area contributed by atoms with Gasteiger partial charge in [-0.3, -0.25) is 42.3 Å². The summed E-state index contributed by atoms with van der Waals surface area (Å²) in [5.41, 5.74) is 3.19. The smallest absolute Gasteiger partial charge is 0.489 e. The number of hydrogen-bond acceptors (Lipinski definition) is 19. The van der Waals surface area contributed by atoms with E-state index in [9.17, 15) is 26.3 Å². The van der Waals surface area contributed by atoms with E-state index in [0.29, 0.717) is 157 Å². The van der Waals surface area contributed by atoms with Gasteiger partial charge in [-0.25, -0.2) is 13.2 Å². The number of carbonyl (C=O) groups excluding carboxylic acids is 3. The molecule has 16 nitrogen and oxygen atoms in total. The van der Waals surface area contributed by atoms with E-state index in [1.807, 2.05) is 0 Å². The van der Waals surface area contributed by atoms with Crippen LogP contribution in [0.4, 0.5) is 26.3 Å². The molecule has 3 aliphatic rings. The van der Waals surface area contributed by atoms with Crippen LogP contribution in [0.25, 0.3) is 30.3 Å². The zero-order valence-corrected chi connectivity index (χ0v) is 68.0. The van der Waals surface area contributed by atoms with Gasteiger partial charge in [-0.2, -0.15) is 4.57 Å². The van der Waals surface area contributed by atoms with Crippen LogP contribution in [0.5, 0.6) is 69.0 Å². The average Bonchev–Trinajstić information content (AvgIpc) is 1.62. The van der Waals surface area contributed by atoms with Crippen LogP contribution >= 0.6 is 41.8 Å². The minimum Gasteiger partial charge on any atom is -0.489 e. The number of likely N-dealkylation sites (tertiary alicyclic amines) is 3. The Labute approximate surface area is 679 Å². The van der Waals surface area contributed by atoms with Crippen molar-refractivity contribution in [2.45, 2.75) is 98.4 Å². The Hall–Kier alpha value is -10.2. The van der Waals surface area contributed by atoms with Crippen LogP contribution in [-0.2, 0) is 4.57 Å². The minimum absolute atomic E-state index is 0.0551. The van der Waals surface area contributed by atoms with Crippen LogP contribution in [-0.4, -0.2) is 129 Å². The van der Waals surface area contributed by atoms with E-state index < -0.39 is 62.6 Å². The number of benzene rings is 9. The van der Waals surface area contributed by atoms with Crippen LogP contribution in [0.15, 0.2) is 164 Å². The van der Waals surface area contributed by atoms with Gasteiger partial charge >= 0.3 is 7.82 Å². The number of phosphoric ester groups is 1. The highest BCUT2D eigenvalue weighted by Gasteiger charge is 2.37. The Morgan fingerprint density at radius 1 is 0.362 bits per heavy atom. The fourth-order valence-electron chi connectivity index (χ4n) is 15.5. The first-order chi connectivity index (χ1) is 56.0. The lowest BCUT2D eigenvalue weighted by atomic mass is 9.97. The van der Waals surface area contributed by atoms with Crippen LogP contribution in [0.1, 0.15) is 118 Å². The second-order valence-corrected chi connectivity index (χ2v) is 34.1. The van der Waals surface area contributed by atoms with E-state index in [2.05, 4.69) is 14.7 Å². The molecule has 116 heavy (non-hydrogen) atoms. The molecule has 12 aromatic rings. The fraction of sp³-hybridized carbons (Fsp3) is 0.300. The largest absolute Gasteiger partial charge is 0.647 e. The molecule has 3 fully saturated rings. The number of aryl methyl sites for hydroxylation is 6. The number of fused-ring (bicyclic) bond motifs is 3. The SMILES string of the molecule is Cc1cc(F)cc(C)c1C(=O)c1sc2cc(OP(=O)(Oc3ccc4c(Oc5ccc(OC6CCN(CCCF)C6)cc5)c(C(=O)c5c(C)cc(F)cc5C)sc4c3)Oc3ccc4c(Oc5ccc(OC6CCN(CCCF)C6)cc5)c(C(=O)c5c(C)cc(F)cc5C)sc4c3)ccc2c1Oc1ccc(OC2CCN(CCCF)C2)cc1. The third kappa shape index (κ3) is 18.3. The third-order valence-corrected chi connectivity index (χ3v) is 25.5. The first-order valence-corrected chi connectivity index (χ1v) is 42.4. The Balaban J connectivity index is 0.798. The summed E-state index contributed by atoms with van der Waals surface area (Å²) in [6, 6.07) is 42.8. The maximum Gasteiger partial charge on any atom is 0.647 e. The van der Waals surface area contributed by atoms with Crippen molar-refractivity contribution >= 4 is 89.4 Å². The lowest BCUT2D eigenvalue weighted by molar-refractivity contribution is 0.103. The van der Waals surface area contributed by atoms with Crippen molar-refractivity contribution in [1.29, 1.82) is 0 Å². The summed E-state index contributed by atoms with van der Waals surface area (Å²) in [5.74, 6) is 0.324. The van der Waals surface area contributed by atoms with E-state index in [4.69, 9.17) is 42.0 Å². The average molecular weight is 1660 g/mol. The van der Waals surface area contributed by atoms with Gasteiger partial charge in [0.1, 0.15) is 102 Å². The molecule has 0 saturated carbocycles. The van der Waals surface area contributed by atoms with Crippen molar-refractivity contribution in [2.75, 3.05) is 78.9 Å². The summed E-state index contributed by atoms with van der Waals surface area (Å²) in [7, 11) is -5.10. The summed E-state index contributed by atoms with van der Waals surface area (Å²) in [6.45, 7) is 15.0. The second kappa shape index (κ2) is 35.3. The number of phosphoric acid groups is 1. The highest BCUT2D eigenvalue weighted by molar-refractivity contribution is 7.49. The number of ether oxygens (including phenoxy) is 6. The van der Waals surface area contributed by atoms with Gasteiger partial charge in [-0.1, -0.05) is 0 Å². The standard InChI is InChI=1S/C90H84F6N3O13PS3/c1-52-40-58(94)41-53(2)79(52)82(100)88-85(107-64-16-10-61(11-17-64)104-70-28-37-97(49-70)34-7-31-91)73-25-22-67(46-76(73)114-88)110-113(103,111-68-23-26-74-77(47-68)115-89(83(101)80-54(3)42-59(95)43-55(80)4)86(74)108-65-18-12-62(13-19-65)105-71-29-38-98(50-71)35-8-32-92)112-69-24-27-75-78(48-69)116-90(84(102)81-56(5)44-60(96)45-57(81)6)87(75)109-66-20-14-63(15-21-66)106-72-30-39-99(51-72)36-9-33-93/h10-27,40-48,70-72H,7-9,28-39,49-51H2,1-6H3. The van der Waals surface area contributed by atoms with Crippen molar-refractivity contribution < 1.29 is 87.3 Å². The highest BCUT2D eigenvalue weighted by atomic mass is 32.1. The number of hydrogen-bond donors (Lipinski definition) is 0. The number of nitrogens with zero attached hydrogens (tertiary/aromatic N) is 3. The normalized spacial score (nSPS) is 16.5. The first-order valence-electron chi connectivity index (χ1n) is 38.5. The van der Waals surface area contributed by atoms with E-state index in [1.165, 1.54) is 54.6 Å². The molecule has 602 valence electrons. The van der Waals surface area contributed by atoms with Crippen LogP contribution in [0.3, 0.4) is 0 Å². The Bertz CT molecular complexity index is 5110. The summed E-state index contributed by atoms with van der Waals surface area (Å²) in [4.78, 5) is 52.3. The van der Waals surface area contributed by atoms with Crippen molar-refractivity contribution in [3.05, 3.63) is 246 Å². The Morgan fingerprint density at radius 2 is 0.603 bits per heavy atom. The number of rotatable bonds is 33. The molecule has 0 bridgehead atoms. The van der Waals surface area contributed by atoms with Crippen molar-refractivity contribution in [3.63, 3.8) is 0 Å². The highest BCUT2D eigenvalue weighted by Crippen LogP contribution is 2.55. The molecular formula is C90H84F6N3O13PS3. The molecule has 9 aromatic carbocycles. The number of alkyl halides is 3. The molecule has 15 rings (SSSR count). The zero-order chi connectivity index (χ0) is 81.1. The zero-order valence-electron chi connectivity index (χ0n) is 64.6. The van der Waals surface area contributed by atoms with Gasteiger partial charge in [0, 0.05) is 106 Å². The van der Waals surface area contributed by atoms with Crippen LogP contribution in [0, 0.1) is 59.0 Å². The van der Waals surface area contributed by atoms with Crippen molar-refractivity contribution in [1.82, 2.24) is 14.7 Å². The molecule has 0 spiro atoms. The molecule has 6 heterocycles. The molecule has 0 amide bonds. The molecule has 0 N–H and O–H groups in total. The maximum absolute atomic E-state index is 16.4.